The van der Waals surface area contributed by atoms with Gasteiger partial charge in [-0.2, -0.15) is 0 Å². The Hall–Kier alpha value is -1.06. The fourth-order valence-corrected chi connectivity index (χ4v) is 5.90. The van der Waals surface area contributed by atoms with E-state index in [-0.39, 0.29) is 11.8 Å². The van der Waals surface area contributed by atoms with Gasteiger partial charge in [-0.15, -0.1) is 0 Å². The first-order valence-electron chi connectivity index (χ1n) is 18.2. The van der Waals surface area contributed by atoms with Crippen LogP contribution in [0.2, 0.25) is 0 Å². The molecule has 238 valence electrons. The third-order valence-electron chi connectivity index (χ3n) is 8.60. The van der Waals surface area contributed by atoms with Crippen molar-refractivity contribution in [2.24, 2.45) is 11.5 Å². The number of hydrogen-bond acceptors (Lipinski definition) is 2. The van der Waals surface area contributed by atoms with Gasteiger partial charge >= 0.3 is 0 Å². The molecule has 0 aromatic rings. The van der Waals surface area contributed by atoms with E-state index in [1.165, 1.54) is 180 Å². The van der Waals surface area contributed by atoms with Crippen molar-refractivity contribution in [3.63, 3.8) is 0 Å². The predicted octanol–water partition coefficient (Wildman–Crippen LogP) is 11.2. The first kappa shape index (κ1) is 38.9. The standard InChI is InChI=1S/C36H72N2O2/c37-35(39)33-31-29-27-25-23-21-19-17-15-13-11-9-7-5-3-1-2-4-6-8-10-12-14-16-18-20-22-24-26-28-30-32-34-36(38)40/h1-34H2,(H2,37,39)(H2,38,40). The highest BCUT2D eigenvalue weighted by atomic mass is 16.1. The first-order chi connectivity index (χ1) is 19.6. The molecule has 0 aliphatic heterocycles. The van der Waals surface area contributed by atoms with E-state index in [1.54, 1.807) is 0 Å². The Balaban J connectivity index is 3.04. The molecule has 0 saturated carbocycles. The molecule has 0 aromatic carbocycles. The van der Waals surface area contributed by atoms with Crippen LogP contribution in [0, 0.1) is 0 Å². The summed E-state index contributed by atoms with van der Waals surface area (Å²) >= 11 is 0. The topological polar surface area (TPSA) is 86.2 Å². The zero-order valence-electron chi connectivity index (χ0n) is 27.0. The Morgan fingerprint density at radius 1 is 0.225 bits per heavy atom. The van der Waals surface area contributed by atoms with E-state index in [0.717, 1.165) is 25.7 Å². The second-order valence-corrected chi connectivity index (χ2v) is 12.7. The summed E-state index contributed by atoms with van der Waals surface area (Å²) in [6.07, 6.45) is 44.9. The van der Waals surface area contributed by atoms with Crippen molar-refractivity contribution in [1.82, 2.24) is 0 Å². The molecule has 0 aliphatic rings. The smallest absolute Gasteiger partial charge is 0.217 e. The van der Waals surface area contributed by atoms with Gasteiger partial charge in [-0.25, -0.2) is 0 Å². The highest BCUT2D eigenvalue weighted by Crippen LogP contribution is 2.17. The summed E-state index contributed by atoms with van der Waals surface area (Å²) in [5, 5.41) is 0. The molecule has 0 aliphatic carbocycles. The second-order valence-electron chi connectivity index (χ2n) is 12.7. The van der Waals surface area contributed by atoms with Crippen LogP contribution in [0.15, 0.2) is 0 Å². The number of nitrogens with two attached hydrogens (primary N) is 2. The third kappa shape index (κ3) is 36.9. The number of rotatable bonds is 35. The molecule has 0 rings (SSSR count). The average molecular weight is 565 g/mol. The molecule has 0 heterocycles. The van der Waals surface area contributed by atoms with Gasteiger partial charge in [0.1, 0.15) is 0 Å². The maximum absolute atomic E-state index is 10.7. The Morgan fingerprint density at radius 2 is 0.325 bits per heavy atom. The lowest BCUT2D eigenvalue weighted by Gasteiger charge is -2.05. The molecule has 0 fully saturated rings. The maximum atomic E-state index is 10.7. The number of amides is 2. The van der Waals surface area contributed by atoms with Crippen LogP contribution in [0.1, 0.15) is 218 Å². The molecule has 4 heteroatoms. The minimum atomic E-state index is -0.153. The van der Waals surface area contributed by atoms with E-state index in [2.05, 4.69) is 0 Å². The van der Waals surface area contributed by atoms with Gasteiger partial charge in [0.15, 0.2) is 0 Å². The van der Waals surface area contributed by atoms with Crippen molar-refractivity contribution in [1.29, 1.82) is 0 Å². The van der Waals surface area contributed by atoms with E-state index < -0.39 is 0 Å². The Bertz CT molecular complexity index is 477. The zero-order chi connectivity index (χ0) is 29.2. The molecule has 40 heavy (non-hydrogen) atoms. The summed E-state index contributed by atoms with van der Waals surface area (Å²) in [6.45, 7) is 0. The van der Waals surface area contributed by atoms with Gasteiger partial charge in [0.2, 0.25) is 11.8 Å². The lowest BCUT2D eigenvalue weighted by Crippen LogP contribution is -2.09. The van der Waals surface area contributed by atoms with Gasteiger partial charge < -0.3 is 11.5 Å². The second kappa shape index (κ2) is 34.1. The van der Waals surface area contributed by atoms with Crippen LogP contribution in [-0.4, -0.2) is 11.8 Å². The fourth-order valence-electron chi connectivity index (χ4n) is 5.90. The quantitative estimate of drug-likeness (QED) is 0.0750. The van der Waals surface area contributed by atoms with Gasteiger partial charge in [-0.1, -0.05) is 193 Å². The average Bonchev–Trinajstić information content (AvgIpc) is 2.93. The normalized spacial score (nSPS) is 11.3. The summed E-state index contributed by atoms with van der Waals surface area (Å²) in [7, 11) is 0. The lowest BCUT2D eigenvalue weighted by atomic mass is 10.0. The number of carbonyl (C=O) groups excluding carboxylic acids is 2. The van der Waals surface area contributed by atoms with E-state index in [0.29, 0.717) is 12.8 Å². The third-order valence-corrected chi connectivity index (χ3v) is 8.60. The number of hydrogen-bond donors (Lipinski definition) is 2. The number of carbonyl (C=O) groups is 2. The lowest BCUT2D eigenvalue weighted by molar-refractivity contribution is -0.119. The van der Waals surface area contributed by atoms with Crippen LogP contribution in [0.5, 0.6) is 0 Å². The van der Waals surface area contributed by atoms with Crippen LogP contribution in [0.4, 0.5) is 0 Å². The zero-order valence-corrected chi connectivity index (χ0v) is 27.0. The number of unbranched alkanes of at least 4 members (excludes halogenated alkanes) is 31. The molecule has 0 aromatic heterocycles. The summed E-state index contributed by atoms with van der Waals surface area (Å²) in [5.74, 6) is -0.306. The van der Waals surface area contributed by atoms with Gasteiger partial charge in [0.25, 0.3) is 0 Å². The highest BCUT2D eigenvalue weighted by Gasteiger charge is 1.98. The van der Waals surface area contributed by atoms with Crippen molar-refractivity contribution >= 4 is 11.8 Å². The monoisotopic (exact) mass is 565 g/mol. The molecule has 0 saturated heterocycles. The highest BCUT2D eigenvalue weighted by molar-refractivity contribution is 5.73. The van der Waals surface area contributed by atoms with Crippen LogP contribution in [-0.2, 0) is 9.59 Å². The molecule has 2 amide bonds. The van der Waals surface area contributed by atoms with E-state index in [1.807, 2.05) is 0 Å². The Kier molecular flexibility index (Phi) is 33.2. The van der Waals surface area contributed by atoms with Crippen molar-refractivity contribution < 1.29 is 9.59 Å². The number of primary amides is 2. The van der Waals surface area contributed by atoms with Crippen LogP contribution in [0.3, 0.4) is 0 Å². The molecule has 0 radical (unpaired) electrons. The van der Waals surface area contributed by atoms with E-state index >= 15 is 0 Å². The predicted molar refractivity (Wildman–Crippen MR) is 175 cm³/mol. The van der Waals surface area contributed by atoms with Crippen molar-refractivity contribution in [2.75, 3.05) is 0 Å². The molecular weight excluding hydrogens is 492 g/mol. The molecule has 4 N–H and O–H groups in total. The summed E-state index contributed by atoms with van der Waals surface area (Å²) in [6, 6.07) is 0. The molecule has 0 atom stereocenters. The van der Waals surface area contributed by atoms with Crippen LogP contribution >= 0.6 is 0 Å². The van der Waals surface area contributed by atoms with Crippen LogP contribution < -0.4 is 11.5 Å². The molecule has 4 nitrogen and oxygen atoms in total. The Labute approximate surface area is 251 Å². The minimum Gasteiger partial charge on any atom is -0.370 e. The fraction of sp³-hybridized carbons (Fsp3) is 0.944. The SMILES string of the molecule is NC(=O)CCCCCCCCCCCCCCCCCCCCCCCCCCCCCCCCCCC(N)=O. The summed E-state index contributed by atoms with van der Waals surface area (Å²) in [4.78, 5) is 21.4. The van der Waals surface area contributed by atoms with Gasteiger partial charge in [0.05, 0.1) is 0 Å². The van der Waals surface area contributed by atoms with Crippen molar-refractivity contribution in [3.05, 3.63) is 0 Å². The largest absolute Gasteiger partial charge is 0.370 e. The maximum Gasteiger partial charge on any atom is 0.217 e. The van der Waals surface area contributed by atoms with Gasteiger partial charge in [0, 0.05) is 12.8 Å². The van der Waals surface area contributed by atoms with E-state index in [4.69, 9.17) is 11.5 Å². The van der Waals surface area contributed by atoms with Crippen molar-refractivity contribution in [2.45, 2.75) is 218 Å². The van der Waals surface area contributed by atoms with E-state index in [9.17, 15) is 9.59 Å². The molecule has 0 bridgehead atoms. The van der Waals surface area contributed by atoms with Gasteiger partial charge in [-0.05, 0) is 12.8 Å². The molecule has 0 spiro atoms. The molecular formula is C36H72N2O2. The Morgan fingerprint density at radius 3 is 0.425 bits per heavy atom. The minimum absolute atomic E-state index is 0.153. The summed E-state index contributed by atoms with van der Waals surface area (Å²) in [5.41, 5.74) is 10.3. The first-order valence-corrected chi connectivity index (χ1v) is 18.2. The van der Waals surface area contributed by atoms with Crippen LogP contribution in [0.25, 0.3) is 0 Å². The van der Waals surface area contributed by atoms with Gasteiger partial charge in [-0.3, -0.25) is 9.59 Å². The molecule has 0 unspecified atom stereocenters. The summed E-state index contributed by atoms with van der Waals surface area (Å²) < 4.78 is 0. The van der Waals surface area contributed by atoms with Crippen molar-refractivity contribution in [3.8, 4) is 0 Å².